The van der Waals surface area contributed by atoms with Crippen LogP contribution in [0.25, 0.3) is 5.65 Å². The fourth-order valence-corrected chi connectivity index (χ4v) is 5.56. The van der Waals surface area contributed by atoms with Gasteiger partial charge in [-0.25, -0.2) is 4.98 Å². The second-order valence-corrected chi connectivity index (χ2v) is 11.2. The van der Waals surface area contributed by atoms with E-state index in [1.165, 1.54) is 4.90 Å². The number of fused-ring (bicyclic) bond motifs is 1. The number of pyridine rings is 1. The average molecular weight is 665 g/mol. The highest BCUT2D eigenvalue weighted by atomic mass is 79.9. The molecule has 2 aromatic carbocycles. The summed E-state index contributed by atoms with van der Waals surface area (Å²) in [5.41, 5.74) is 4.52. The number of aromatic nitrogens is 3. The van der Waals surface area contributed by atoms with Gasteiger partial charge in [0.25, 0.3) is 0 Å². The lowest BCUT2D eigenvalue weighted by Gasteiger charge is -2.21. The number of ketones is 1. The van der Waals surface area contributed by atoms with Gasteiger partial charge in [0.1, 0.15) is 11.2 Å². The Labute approximate surface area is 260 Å². The summed E-state index contributed by atoms with van der Waals surface area (Å²) in [6.45, 7) is 1.96. The molecule has 0 aliphatic carbocycles. The quantitative estimate of drug-likeness (QED) is 0.168. The Hall–Kier alpha value is -4.10. The number of hydrogen-bond donors (Lipinski definition) is 0. The molecule has 1 amide bonds. The van der Waals surface area contributed by atoms with E-state index in [0.29, 0.717) is 55.2 Å². The van der Waals surface area contributed by atoms with Gasteiger partial charge in [0.15, 0.2) is 11.4 Å². The summed E-state index contributed by atoms with van der Waals surface area (Å²) in [4.78, 5) is 32.4. The molecule has 0 atom stereocenters. The molecular formula is C31H24BrCl2N5O3. The number of halogens is 3. The Bertz CT molecular complexity index is 1890. The number of imidazole rings is 1. The van der Waals surface area contributed by atoms with Gasteiger partial charge >= 0.3 is 0 Å². The highest BCUT2D eigenvalue weighted by Gasteiger charge is 2.22. The van der Waals surface area contributed by atoms with Gasteiger partial charge in [-0.1, -0.05) is 23.2 Å². The number of rotatable bonds is 8. The first-order valence-electron chi connectivity index (χ1n) is 12.8. The molecule has 0 N–H and O–H groups in total. The van der Waals surface area contributed by atoms with Crippen LogP contribution in [0.15, 0.2) is 71.5 Å². The van der Waals surface area contributed by atoms with Crippen molar-refractivity contribution in [3.63, 3.8) is 0 Å². The topological polar surface area (TPSA) is 92.6 Å². The van der Waals surface area contributed by atoms with E-state index in [0.717, 1.165) is 10.3 Å². The van der Waals surface area contributed by atoms with E-state index in [4.69, 9.17) is 33.2 Å². The maximum Gasteiger partial charge on any atom is 0.232 e. The molecule has 5 aromatic rings. The minimum atomic E-state index is -0.229. The molecule has 0 fully saturated rings. The van der Waals surface area contributed by atoms with E-state index in [9.17, 15) is 9.59 Å². The molecule has 0 saturated carbocycles. The fourth-order valence-electron chi connectivity index (χ4n) is 4.58. The lowest BCUT2D eigenvalue weighted by Crippen LogP contribution is -2.29. The van der Waals surface area contributed by atoms with E-state index < -0.39 is 0 Å². The third kappa shape index (κ3) is 5.53. The predicted molar refractivity (Wildman–Crippen MR) is 166 cm³/mol. The number of aryl methyl sites for hydroxylation is 1. The second-order valence-electron chi connectivity index (χ2n) is 9.62. The lowest BCUT2D eigenvalue weighted by molar-refractivity contribution is -0.117. The number of anilines is 1. The zero-order valence-electron chi connectivity index (χ0n) is 22.9. The van der Waals surface area contributed by atoms with Crippen LogP contribution in [0.1, 0.15) is 38.6 Å². The summed E-state index contributed by atoms with van der Waals surface area (Å²) in [5, 5.41) is 9.71. The number of carbonyl (C=O) groups excluding carboxylic acids is 2. The molecule has 3 heterocycles. The molecule has 0 unspecified atom stereocenters. The van der Waals surface area contributed by atoms with Crippen LogP contribution in [0, 0.1) is 18.3 Å². The van der Waals surface area contributed by atoms with E-state index in [-0.39, 0.29) is 24.7 Å². The molecule has 11 heteroatoms. The van der Waals surface area contributed by atoms with Gasteiger partial charge < -0.3 is 14.2 Å². The van der Waals surface area contributed by atoms with Gasteiger partial charge in [-0.15, -0.1) is 0 Å². The lowest BCUT2D eigenvalue weighted by atomic mass is 10.1. The zero-order chi connectivity index (χ0) is 30.1. The van der Waals surface area contributed by atoms with Crippen molar-refractivity contribution < 1.29 is 14.3 Å². The van der Waals surface area contributed by atoms with Crippen molar-refractivity contribution in [3.8, 4) is 11.8 Å². The van der Waals surface area contributed by atoms with Crippen molar-refractivity contribution in [2.24, 2.45) is 7.05 Å². The molecule has 3 aromatic heterocycles. The molecule has 0 saturated heterocycles. The highest BCUT2D eigenvalue weighted by Crippen LogP contribution is 2.35. The largest absolute Gasteiger partial charge is 0.485 e. The van der Waals surface area contributed by atoms with Crippen molar-refractivity contribution in [3.05, 3.63) is 115 Å². The summed E-state index contributed by atoms with van der Waals surface area (Å²) in [7, 11) is 3.38. The van der Waals surface area contributed by atoms with E-state index in [1.807, 2.05) is 35.7 Å². The molecule has 0 spiro atoms. The SMILES string of the molecule is Cc1nc2c(OCc3c(Cl)ccc(N(C)C(=O)Cc4ccc(C(=O)c5ccc(C#N)cc5)n4C)c3Cl)cccn2c1Br. The minimum Gasteiger partial charge on any atom is -0.485 e. The van der Waals surface area contributed by atoms with Gasteiger partial charge in [0, 0.05) is 42.1 Å². The molecular weight excluding hydrogens is 641 g/mol. The standard InChI is InChI=1S/C31H24BrCl2N5O3/c1-18-30(32)39-14-4-5-26(31(39)36-18)42-17-22-23(33)11-13-24(28(22)34)38(3)27(40)15-21-10-12-25(37(21)2)29(41)20-8-6-19(16-35)7-9-20/h4-14H,15,17H2,1-3H3. The molecule has 0 aliphatic rings. The van der Waals surface area contributed by atoms with Gasteiger partial charge in [0.05, 0.1) is 40.2 Å². The minimum absolute atomic E-state index is 0.0363. The normalized spacial score (nSPS) is 11.0. The van der Waals surface area contributed by atoms with Crippen LogP contribution in [0.4, 0.5) is 5.69 Å². The predicted octanol–water partition coefficient (Wildman–Crippen LogP) is 6.94. The summed E-state index contributed by atoms with van der Waals surface area (Å²) >= 11 is 16.8. The Kier molecular flexibility index (Phi) is 8.41. The highest BCUT2D eigenvalue weighted by molar-refractivity contribution is 9.10. The average Bonchev–Trinajstić information content (AvgIpc) is 3.50. The number of ether oxygens (including phenoxy) is 1. The third-order valence-electron chi connectivity index (χ3n) is 7.06. The van der Waals surface area contributed by atoms with Gasteiger partial charge in [-0.3, -0.25) is 14.0 Å². The molecule has 0 aliphatic heterocycles. The van der Waals surface area contributed by atoms with Gasteiger partial charge in [-0.2, -0.15) is 5.26 Å². The number of amides is 1. The van der Waals surface area contributed by atoms with Crippen LogP contribution < -0.4 is 9.64 Å². The summed E-state index contributed by atoms with van der Waals surface area (Å²) in [6.07, 6.45) is 1.92. The maximum absolute atomic E-state index is 13.4. The molecule has 212 valence electrons. The van der Waals surface area contributed by atoms with Crippen molar-refractivity contribution in [1.29, 1.82) is 5.26 Å². The number of benzene rings is 2. The van der Waals surface area contributed by atoms with Crippen LogP contribution in [0.3, 0.4) is 0 Å². The molecule has 5 rings (SSSR count). The fraction of sp³-hybridized carbons (Fsp3) is 0.161. The molecule has 0 radical (unpaired) electrons. The number of hydrogen-bond acceptors (Lipinski definition) is 5. The second kappa shape index (κ2) is 12.0. The van der Waals surface area contributed by atoms with Crippen LogP contribution >= 0.6 is 39.1 Å². The zero-order valence-corrected chi connectivity index (χ0v) is 26.0. The van der Waals surface area contributed by atoms with Crippen LogP contribution in [0.5, 0.6) is 5.75 Å². The summed E-state index contributed by atoms with van der Waals surface area (Å²) in [6, 6.07) is 19.0. The van der Waals surface area contributed by atoms with Crippen molar-refractivity contribution in [2.45, 2.75) is 20.0 Å². The summed E-state index contributed by atoms with van der Waals surface area (Å²) < 4.78 is 10.5. The first kappa shape index (κ1) is 29.4. The van der Waals surface area contributed by atoms with E-state index in [2.05, 4.69) is 20.9 Å². The number of nitriles is 1. The van der Waals surface area contributed by atoms with Crippen LogP contribution in [-0.4, -0.2) is 32.7 Å². The van der Waals surface area contributed by atoms with Crippen LogP contribution in [-0.2, 0) is 24.9 Å². The molecule has 0 bridgehead atoms. The van der Waals surface area contributed by atoms with Gasteiger partial charge in [-0.05, 0) is 83.5 Å². The smallest absolute Gasteiger partial charge is 0.232 e. The Morgan fingerprint density at radius 3 is 2.55 bits per heavy atom. The third-order valence-corrected chi connectivity index (χ3v) is 8.79. The van der Waals surface area contributed by atoms with Crippen molar-refractivity contribution >= 4 is 62.2 Å². The molecule has 42 heavy (non-hydrogen) atoms. The first-order valence-corrected chi connectivity index (χ1v) is 14.3. The Morgan fingerprint density at radius 1 is 1.10 bits per heavy atom. The van der Waals surface area contributed by atoms with E-state index in [1.54, 1.807) is 67.2 Å². The van der Waals surface area contributed by atoms with Gasteiger partial charge in [0.2, 0.25) is 11.7 Å². The van der Waals surface area contributed by atoms with Crippen LogP contribution in [0.2, 0.25) is 10.0 Å². The Morgan fingerprint density at radius 2 is 1.83 bits per heavy atom. The number of nitrogens with zero attached hydrogens (tertiary/aromatic N) is 5. The number of likely N-dealkylation sites (N-methyl/N-ethyl adjacent to an activating group) is 1. The monoisotopic (exact) mass is 663 g/mol. The first-order chi connectivity index (χ1) is 20.1. The van der Waals surface area contributed by atoms with Crippen molar-refractivity contribution in [1.82, 2.24) is 14.0 Å². The Balaban J connectivity index is 1.33. The van der Waals surface area contributed by atoms with E-state index >= 15 is 0 Å². The van der Waals surface area contributed by atoms with Crippen molar-refractivity contribution in [2.75, 3.05) is 11.9 Å². The number of carbonyl (C=O) groups is 2. The summed E-state index contributed by atoms with van der Waals surface area (Å²) in [5.74, 6) is 0.128. The maximum atomic E-state index is 13.4. The molecule has 8 nitrogen and oxygen atoms in total.